The number of imidazole rings is 1. The van der Waals surface area contributed by atoms with Crippen LogP contribution in [0.1, 0.15) is 23.3 Å². The van der Waals surface area contributed by atoms with Crippen LogP contribution < -0.4 is 10.9 Å². The van der Waals surface area contributed by atoms with Gasteiger partial charge in [0.15, 0.2) is 0 Å². The molecule has 1 saturated heterocycles. The summed E-state index contributed by atoms with van der Waals surface area (Å²) in [6, 6.07) is 22.7. The molecule has 0 bridgehead atoms. The molecule has 178 valence electrons. The lowest BCUT2D eigenvalue weighted by Gasteiger charge is -2.32. The molecule has 5 aromatic rings. The number of nitrogens with zero attached hydrogens (tertiary/aromatic N) is 3. The topological polar surface area (TPSA) is 63.3 Å². The fourth-order valence-electron chi connectivity index (χ4n) is 4.95. The van der Waals surface area contributed by atoms with Crippen LogP contribution in [0.2, 0.25) is 0 Å². The molecule has 6 nitrogen and oxygen atoms in total. The Bertz CT molecular complexity index is 1500. The molecule has 1 aliphatic heterocycles. The minimum atomic E-state index is -0.218. The molecule has 1 fully saturated rings. The van der Waals surface area contributed by atoms with Crippen molar-refractivity contribution >= 4 is 39.3 Å². The van der Waals surface area contributed by atoms with Crippen molar-refractivity contribution in [3.05, 3.63) is 93.0 Å². The van der Waals surface area contributed by atoms with Crippen LogP contribution in [0, 0.1) is 0 Å². The van der Waals surface area contributed by atoms with E-state index in [0.29, 0.717) is 18.0 Å². The molecule has 0 amide bonds. The Balaban J connectivity index is 1.10. The highest BCUT2D eigenvalue weighted by molar-refractivity contribution is 7.09. The Morgan fingerprint density at radius 2 is 1.86 bits per heavy atom. The molecule has 0 saturated carbocycles. The standard InChI is InChI=1S/C28H28N4O2S/c33-27-21(18-20-6-1-4-10-26(20)34-27)11-14-31-15-12-22(13-16-31)29-28-30-24-8-2-3-9-25(24)32(28)19-23-7-5-17-35-23/h1-10,17-18,22H,11-16,19H2,(H,29,30). The van der Waals surface area contributed by atoms with Crippen LogP contribution in [0.4, 0.5) is 5.95 Å². The average molecular weight is 485 g/mol. The quantitative estimate of drug-likeness (QED) is 0.315. The molecule has 1 aliphatic rings. The number of benzene rings is 2. The fourth-order valence-corrected chi connectivity index (χ4v) is 5.64. The normalized spacial score (nSPS) is 15.2. The number of likely N-dealkylation sites (tertiary alicyclic amines) is 1. The van der Waals surface area contributed by atoms with Crippen LogP contribution in [0.3, 0.4) is 0 Å². The summed E-state index contributed by atoms with van der Waals surface area (Å²) in [5, 5.41) is 6.85. The fraction of sp³-hybridized carbons (Fsp3) is 0.286. The summed E-state index contributed by atoms with van der Waals surface area (Å²) in [5.74, 6) is 0.951. The maximum Gasteiger partial charge on any atom is 0.339 e. The van der Waals surface area contributed by atoms with E-state index in [4.69, 9.17) is 9.40 Å². The van der Waals surface area contributed by atoms with E-state index < -0.39 is 0 Å². The van der Waals surface area contributed by atoms with Gasteiger partial charge in [-0.1, -0.05) is 36.4 Å². The molecule has 35 heavy (non-hydrogen) atoms. The molecule has 0 atom stereocenters. The van der Waals surface area contributed by atoms with Gasteiger partial charge in [0.25, 0.3) is 0 Å². The molecular formula is C28H28N4O2S. The van der Waals surface area contributed by atoms with Gasteiger partial charge in [-0.2, -0.15) is 0 Å². The predicted molar refractivity (Wildman–Crippen MR) is 142 cm³/mol. The molecular weight excluding hydrogens is 456 g/mol. The lowest BCUT2D eigenvalue weighted by Crippen LogP contribution is -2.40. The Morgan fingerprint density at radius 1 is 1.03 bits per heavy atom. The van der Waals surface area contributed by atoms with E-state index in [2.05, 4.69) is 50.5 Å². The molecule has 0 spiro atoms. The second-order valence-corrected chi connectivity index (χ2v) is 10.2. The van der Waals surface area contributed by atoms with Gasteiger partial charge in [-0.15, -0.1) is 11.3 Å². The van der Waals surface area contributed by atoms with Gasteiger partial charge in [0.2, 0.25) is 5.95 Å². The minimum absolute atomic E-state index is 0.218. The number of hydrogen-bond acceptors (Lipinski definition) is 6. The van der Waals surface area contributed by atoms with E-state index in [1.165, 1.54) is 4.88 Å². The van der Waals surface area contributed by atoms with E-state index in [1.54, 1.807) is 11.3 Å². The molecule has 1 N–H and O–H groups in total. The zero-order valence-corrected chi connectivity index (χ0v) is 20.3. The second kappa shape index (κ2) is 9.68. The summed E-state index contributed by atoms with van der Waals surface area (Å²) in [5.41, 5.74) is 3.38. The minimum Gasteiger partial charge on any atom is -0.423 e. The van der Waals surface area contributed by atoms with E-state index in [0.717, 1.165) is 67.0 Å². The van der Waals surface area contributed by atoms with E-state index >= 15 is 0 Å². The summed E-state index contributed by atoms with van der Waals surface area (Å²) in [6.07, 6.45) is 2.81. The molecule has 3 aromatic heterocycles. The van der Waals surface area contributed by atoms with Gasteiger partial charge in [-0.3, -0.25) is 0 Å². The molecule has 0 aliphatic carbocycles. The molecule has 6 rings (SSSR count). The summed E-state index contributed by atoms with van der Waals surface area (Å²) >= 11 is 1.78. The number of para-hydroxylation sites is 3. The van der Waals surface area contributed by atoms with Gasteiger partial charge in [0, 0.05) is 41.5 Å². The summed E-state index contributed by atoms with van der Waals surface area (Å²) in [6.45, 7) is 3.70. The number of hydrogen-bond donors (Lipinski definition) is 1. The number of fused-ring (bicyclic) bond motifs is 2. The summed E-state index contributed by atoms with van der Waals surface area (Å²) in [7, 11) is 0. The third-order valence-electron chi connectivity index (χ3n) is 6.88. The summed E-state index contributed by atoms with van der Waals surface area (Å²) in [4.78, 5) is 21.1. The smallest absolute Gasteiger partial charge is 0.339 e. The Kier molecular flexibility index (Phi) is 6.10. The van der Waals surface area contributed by atoms with Crippen molar-refractivity contribution in [3.63, 3.8) is 0 Å². The Labute approximate surface area is 207 Å². The Hall–Kier alpha value is -3.42. The average Bonchev–Trinajstić information content (AvgIpc) is 3.52. The van der Waals surface area contributed by atoms with Crippen molar-refractivity contribution in [2.45, 2.75) is 31.8 Å². The van der Waals surface area contributed by atoms with Crippen molar-refractivity contribution in [2.24, 2.45) is 0 Å². The second-order valence-electron chi connectivity index (χ2n) is 9.20. The molecule has 4 heterocycles. The van der Waals surface area contributed by atoms with Gasteiger partial charge >= 0.3 is 5.63 Å². The number of anilines is 1. The third-order valence-corrected chi connectivity index (χ3v) is 7.74. The first-order valence-electron chi connectivity index (χ1n) is 12.2. The van der Waals surface area contributed by atoms with Gasteiger partial charge in [-0.05, 0) is 55.0 Å². The van der Waals surface area contributed by atoms with Gasteiger partial charge in [0.05, 0.1) is 17.6 Å². The highest BCUT2D eigenvalue weighted by Gasteiger charge is 2.22. The van der Waals surface area contributed by atoms with Gasteiger partial charge in [-0.25, -0.2) is 9.78 Å². The number of aromatic nitrogens is 2. The third kappa shape index (κ3) is 4.74. The van der Waals surface area contributed by atoms with E-state index in [1.807, 2.05) is 36.4 Å². The number of thiophene rings is 1. The SMILES string of the molecule is O=c1oc2ccccc2cc1CCN1CCC(Nc2nc3ccccc3n2Cc2cccs2)CC1. The highest BCUT2D eigenvalue weighted by atomic mass is 32.1. The van der Waals surface area contributed by atoms with Crippen LogP contribution in [0.15, 0.2) is 81.3 Å². The lowest BCUT2D eigenvalue weighted by atomic mass is 10.0. The van der Waals surface area contributed by atoms with Gasteiger partial charge < -0.3 is 19.2 Å². The molecule has 0 unspecified atom stereocenters. The van der Waals surface area contributed by atoms with E-state index in [-0.39, 0.29) is 5.63 Å². The lowest BCUT2D eigenvalue weighted by molar-refractivity contribution is 0.220. The van der Waals surface area contributed by atoms with Crippen molar-refractivity contribution in [1.29, 1.82) is 0 Å². The maximum atomic E-state index is 12.4. The number of rotatable bonds is 7. The monoisotopic (exact) mass is 484 g/mol. The van der Waals surface area contributed by atoms with Crippen molar-refractivity contribution in [1.82, 2.24) is 14.5 Å². The molecule has 7 heteroatoms. The van der Waals surface area contributed by atoms with Gasteiger partial charge in [0.1, 0.15) is 5.58 Å². The molecule has 2 aromatic carbocycles. The van der Waals surface area contributed by atoms with Crippen LogP contribution in [-0.2, 0) is 13.0 Å². The van der Waals surface area contributed by atoms with Crippen LogP contribution in [0.25, 0.3) is 22.0 Å². The first-order chi connectivity index (χ1) is 17.2. The molecule has 0 radical (unpaired) electrons. The van der Waals surface area contributed by atoms with E-state index in [9.17, 15) is 4.79 Å². The van der Waals surface area contributed by atoms with Crippen molar-refractivity contribution in [2.75, 3.05) is 25.0 Å². The van der Waals surface area contributed by atoms with Crippen LogP contribution >= 0.6 is 11.3 Å². The zero-order chi connectivity index (χ0) is 23.6. The first-order valence-corrected chi connectivity index (χ1v) is 13.1. The highest BCUT2D eigenvalue weighted by Crippen LogP contribution is 2.25. The first kappa shape index (κ1) is 22.1. The summed E-state index contributed by atoms with van der Waals surface area (Å²) < 4.78 is 7.80. The maximum absolute atomic E-state index is 12.4. The predicted octanol–water partition coefficient (Wildman–Crippen LogP) is 5.37. The van der Waals surface area contributed by atoms with Crippen molar-refractivity contribution in [3.8, 4) is 0 Å². The zero-order valence-electron chi connectivity index (χ0n) is 19.5. The van der Waals surface area contributed by atoms with Crippen molar-refractivity contribution < 1.29 is 4.42 Å². The number of nitrogens with one attached hydrogen (secondary N) is 1. The Morgan fingerprint density at radius 3 is 2.71 bits per heavy atom. The number of piperidine rings is 1. The van der Waals surface area contributed by atoms with Crippen LogP contribution in [0.5, 0.6) is 0 Å². The van der Waals surface area contributed by atoms with Crippen LogP contribution in [-0.4, -0.2) is 40.1 Å². The largest absolute Gasteiger partial charge is 0.423 e.